The summed E-state index contributed by atoms with van der Waals surface area (Å²) in [5.74, 6) is -0.695. The van der Waals surface area contributed by atoms with Crippen molar-refractivity contribution in [2.24, 2.45) is 29.6 Å². The Morgan fingerprint density at radius 2 is 1.91 bits per heavy atom. The van der Waals surface area contributed by atoms with Gasteiger partial charge in [0.15, 0.2) is 0 Å². The Labute approximate surface area is 202 Å². The van der Waals surface area contributed by atoms with Crippen LogP contribution in [-0.2, 0) is 14.4 Å². The van der Waals surface area contributed by atoms with E-state index in [-0.39, 0.29) is 63.9 Å². The van der Waals surface area contributed by atoms with Crippen LogP contribution < -0.4 is 4.87 Å². The number of rotatable bonds is 7. The normalized spacial score (nSPS) is 33.9. The van der Waals surface area contributed by atoms with Crippen LogP contribution in [0.4, 0.5) is 0 Å². The molecule has 2 aliphatic carbocycles. The molecule has 2 N–H and O–H groups in total. The largest absolute Gasteiger partial charge is 0.481 e. The average Bonchev–Trinajstić information content (AvgIpc) is 3.57. The number of carbonyl (C=O) groups is 3. The monoisotopic (exact) mass is 504 g/mol. The molecule has 4 heterocycles. The number of carbonyl (C=O) groups excluding carboxylic acids is 2. The number of thioether (sulfide) groups is 1. The predicted molar refractivity (Wildman–Crippen MR) is 126 cm³/mol. The molecule has 33 heavy (non-hydrogen) atoms. The Morgan fingerprint density at radius 1 is 1.12 bits per heavy atom. The number of amides is 2. The van der Waals surface area contributed by atoms with Crippen molar-refractivity contribution in [2.45, 2.75) is 48.3 Å². The van der Waals surface area contributed by atoms with Crippen LogP contribution in [-0.4, -0.2) is 44.6 Å². The van der Waals surface area contributed by atoms with Crippen LogP contribution in [0.1, 0.15) is 47.8 Å². The number of likely N-dealkylation sites (tertiary alicyclic amines) is 1. The minimum absolute atomic E-state index is 0.0304. The van der Waals surface area contributed by atoms with Crippen LogP contribution in [0, 0.1) is 29.6 Å². The molecule has 2 aromatic heterocycles. The number of thiazole rings is 1. The number of hydrogen-bond acceptors (Lipinski definition) is 7. The molecule has 1 saturated heterocycles. The number of carboxylic acids is 1. The fraction of sp³-hybridized carbons (Fsp3) is 0.565. The lowest BCUT2D eigenvalue weighted by Gasteiger charge is -2.42. The number of aliphatic carboxylic acids is 1. The van der Waals surface area contributed by atoms with Gasteiger partial charge in [-0.05, 0) is 48.5 Å². The van der Waals surface area contributed by atoms with E-state index >= 15 is 0 Å². The molecule has 0 radical (unpaired) electrons. The minimum atomic E-state index is -0.815. The van der Waals surface area contributed by atoms with Gasteiger partial charge in [0.1, 0.15) is 0 Å². The lowest BCUT2D eigenvalue weighted by atomic mass is 9.69. The molecular formula is C23H24N2O5S3. The molecular weight excluding hydrogens is 480 g/mol. The van der Waals surface area contributed by atoms with Crippen LogP contribution >= 0.6 is 34.4 Å². The second kappa shape index (κ2) is 8.09. The summed E-state index contributed by atoms with van der Waals surface area (Å²) in [6.45, 7) is 0.390. The number of aromatic nitrogens is 1. The maximum absolute atomic E-state index is 13.4. The summed E-state index contributed by atoms with van der Waals surface area (Å²) >= 11 is 4.70. The third-order valence-electron chi connectivity index (χ3n) is 7.94. The quantitative estimate of drug-likeness (QED) is 0.441. The van der Waals surface area contributed by atoms with Crippen LogP contribution in [0.25, 0.3) is 0 Å². The van der Waals surface area contributed by atoms with E-state index in [2.05, 4.69) is 16.4 Å². The first-order valence-electron chi connectivity index (χ1n) is 11.5. The lowest BCUT2D eigenvalue weighted by Crippen LogP contribution is -2.42. The second-order valence-corrected chi connectivity index (χ2v) is 12.7. The van der Waals surface area contributed by atoms with Crippen molar-refractivity contribution >= 4 is 52.2 Å². The van der Waals surface area contributed by atoms with Crippen molar-refractivity contribution in [3.63, 3.8) is 0 Å². The van der Waals surface area contributed by atoms with Crippen molar-refractivity contribution in [3.8, 4) is 0 Å². The summed E-state index contributed by atoms with van der Waals surface area (Å²) in [5.41, 5.74) is 0. The number of carboxylic acid groups (broad SMARTS) is 1. The van der Waals surface area contributed by atoms with Crippen LogP contribution in [0.2, 0.25) is 0 Å². The van der Waals surface area contributed by atoms with Crippen LogP contribution in [0.5, 0.6) is 0 Å². The molecule has 0 unspecified atom stereocenters. The molecule has 0 aromatic carbocycles. The van der Waals surface area contributed by atoms with Gasteiger partial charge < -0.3 is 10.1 Å². The van der Waals surface area contributed by atoms with Gasteiger partial charge >= 0.3 is 10.8 Å². The van der Waals surface area contributed by atoms with Crippen molar-refractivity contribution < 1.29 is 19.5 Å². The molecule has 10 heteroatoms. The van der Waals surface area contributed by atoms with Gasteiger partial charge in [-0.15, -0.1) is 23.1 Å². The zero-order valence-electron chi connectivity index (χ0n) is 17.8. The van der Waals surface area contributed by atoms with Crippen LogP contribution in [0.3, 0.4) is 0 Å². The number of fused-ring (bicyclic) bond motifs is 9. The predicted octanol–water partition coefficient (Wildman–Crippen LogP) is 3.62. The van der Waals surface area contributed by atoms with E-state index in [1.165, 1.54) is 21.1 Å². The number of imide groups is 1. The van der Waals surface area contributed by atoms with E-state index < -0.39 is 5.97 Å². The van der Waals surface area contributed by atoms with Gasteiger partial charge in [0, 0.05) is 33.9 Å². The fourth-order valence-electron chi connectivity index (χ4n) is 6.81. The van der Waals surface area contributed by atoms with Crippen molar-refractivity contribution in [2.75, 3.05) is 6.54 Å². The molecule has 2 bridgehead atoms. The number of unbranched alkanes of at least 4 members (excludes halogenated alkanes) is 2. The Balaban J connectivity index is 1.27. The van der Waals surface area contributed by atoms with E-state index in [9.17, 15) is 19.2 Å². The molecule has 7 atom stereocenters. The fourth-order valence-corrected chi connectivity index (χ4v) is 10.7. The zero-order chi connectivity index (χ0) is 22.9. The first kappa shape index (κ1) is 21.6. The van der Waals surface area contributed by atoms with E-state index in [1.807, 2.05) is 6.07 Å². The number of nitrogens with zero attached hydrogens (tertiary/aromatic N) is 1. The smallest absolute Gasteiger partial charge is 0.305 e. The van der Waals surface area contributed by atoms with Crippen molar-refractivity contribution in [1.82, 2.24) is 9.88 Å². The van der Waals surface area contributed by atoms with Crippen molar-refractivity contribution in [1.29, 1.82) is 0 Å². The van der Waals surface area contributed by atoms with Gasteiger partial charge in [-0.1, -0.05) is 23.8 Å². The highest BCUT2D eigenvalue weighted by Crippen LogP contribution is 2.68. The molecule has 0 spiro atoms. The minimum Gasteiger partial charge on any atom is -0.481 e. The standard InChI is InChI=1S/C23H24N2O5S3/c26-13(27)6-2-1-3-7-25-21(28)15-10-9-11(16(15)22(25)29)18-14(10)17(12-5-4-8-31-12)19-20(32-18)24-23(30)33-19/h4-5,8,10-11,14-18H,1-3,6-7,9H2,(H,24,30)(H,26,27)/t10-,11+,14+,15+,16+,17+,18-/m0/s1. The zero-order valence-corrected chi connectivity index (χ0v) is 20.2. The molecule has 2 aromatic rings. The number of thiophene rings is 1. The number of nitrogens with one attached hydrogen (secondary N) is 1. The highest BCUT2D eigenvalue weighted by Gasteiger charge is 2.69. The Bertz CT molecular complexity index is 1170. The van der Waals surface area contributed by atoms with Crippen molar-refractivity contribution in [3.05, 3.63) is 36.9 Å². The first-order chi connectivity index (χ1) is 16.0. The highest BCUT2D eigenvalue weighted by molar-refractivity contribution is 8.00. The van der Waals surface area contributed by atoms with Gasteiger partial charge in [-0.2, -0.15) is 0 Å². The number of hydrogen-bond donors (Lipinski definition) is 2. The summed E-state index contributed by atoms with van der Waals surface area (Å²) < 4.78 is 0. The molecule has 2 amide bonds. The number of H-pyrrole nitrogens is 1. The summed E-state index contributed by atoms with van der Waals surface area (Å²) in [6, 6.07) is 4.17. The maximum Gasteiger partial charge on any atom is 0.305 e. The molecule has 2 aliphatic heterocycles. The summed E-state index contributed by atoms with van der Waals surface area (Å²) in [4.78, 5) is 56.5. The topological polar surface area (TPSA) is 108 Å². The van der Waals surface area contributed by atoms with Gasteiger partial charge in [0.2, 0.25) is 11.8 Å². The van der Waals surface area contributed by atoms with E-state index in [0.717, 1.165) is 16.3 Å². The van der Waals surface area contributed by atoms with E-state index in [0.29, 0.717) is 25.8 Å². The summed E-state index contributed by atoms with van der Waals surface area (Å²) in [5, 5.41) is 12.0. The maximum atomic E-state index is 13.4. The average molecular weight is 505 g/mol. The molecule has 174 valence electrons. The summed E-state index contributed by atoms with van der Waals surface area (Å²) in [6.07, 6.45) is 2.93. The van der Waals surface area contributed by atoms with Gasteiger partial charge in [-0.3, -0.25) is 24.1 Å². The van der Waals surface area contributed by atoms with Crippen LogP contribution in [0.15, 0.2) is 27.3 Å². The SMILES string of the molecule is O=C(O)CCCCCN1C(=O)[C@@H]2[C@H]3C[C@@H]([C@@H]4Sc5[nH]c(=O)sc5[C@H](c5cccs5)[C@@H]34)[C@H]2C1=O. The highest BCUT2D eigenvalue weighted by atomic mass is 32.2. The lowest BCUT2D eigenvalue weighted by molar-refractivity contribution is -0.141. The second-order valence-electron chi connectivity index (χ2n) is 9.51. The Hall–Kier alpha value is -1.91. The Morgan fingerprint density at radius 3 is 2.64 bits per heavy atom. The number of aromatic amines is 1. The first-order valence-corrected chi connectivity index (χ1v) is 14.0. The van der Waals surface area contributed by atoms with Gasteiger partial charge in [0.25, 0.3) is 0 Å². The van der Waals surface area contributed by atoms with E-state index in [4.69, 9.17) is 5.11 Å². The molecule has 7 nitrogen and oxygen atoms in total. The third kappa shape index (κ3) is 3.28. The molecule has 4 aliphatic rings. The third-order valence-corrected chi connectivity index (χ3v) is 11.5. The van der Waals surface area contributed by atoms with Gasteiger partial charge in [0.05, 0.1) is 16.9 Å². The van der Waals surface area contributed by atoms with E-state index in [1.54, 1.807) is 23.1 Å². The van der Waals surface area contributed by atoms with Gasteiger partial charge in [-0.25, -0.2) is 0 Å². The molecule has 3 fully saturated rings. The Kier molecular flexibility index (Phi) is 5.30. The summed E-state index contributed by atoms with van der Waals surface area (Å²) in [7, 11) is 0. The molecule has 2 saturated carbocycles. The molecule has 6 rings (SSSR count).